The van der Waals surface area contributed by atoms with Crippen LogP contribution in [-0.2, 0) is 13.0 Å². The first-order valence-electron chi connectivity index (χ1n) is 10.00. The van der Waals surface area contributed by atoms with Crippen molar-refractivity contribution in [3.63, 3.8) is 0 Å². The Balaban J connectivity index is 1.32. The van der Waals surface area contributed by atoms with Crippen LogP contribution >= 0.6 is 11.3 Å². The van der Waals surface area contributed by atoms with E-state index in [1.165, 1.54) is 17.7 Å². The summed E-state index contributed by atoms with van der Waals surface area (Å²) < 4.78 is 6.24. The van der Waals surface area contributed by atoms with Crippen molar-refractivity contribution in [2.24, 2.45) is 0 Å². The first-order chi connectivity index (χ1) is 15.2. The van der Waals surface area contributed by atoms with Crippen LogP contribution in [0, 0.1) is 11.3 Å². The fourth-order valence-electron chi connectivity index (χ4n) is 3.98. The van der Waals surface area contributed by atoms with Gasteiger partial charge in [0, 0.05) is 37.5 Å². The van der Waals surface area contributed by atoms with Crippen LogP contribution in [0.25, 0.3) is 0 Å². The number of aromatic nitrogens is 4. The number of hydrogen-bond donors (Lipinski definition) is 0. The normalized spacial score (nSPS) is 17.8. The summed E-state index contributed by atoms with van der Waals surface area (Å²) in [5, 5.41) is 11.2. The minimum Gasteiger partial charge on any atom is -0.472 e. The highest BCUT2D eigenvalue weighted by molar-refractivity contribution is 7.07. The quantitative estimate of drug-likeness (QED) is 0.615. The molecule has 2 aliphatic heterocycles. The number of carbonyl (C=O) groups excluding carboxylic acids is 1. The van der Waals surface area contributed by atoms with E-state index in [9.17, 15) is 10.1 Å². The Bertz CT molecular complexity index is 1140. The number of nitrogens with zero attached hydrogens (tertiary/aromatic N) is 7. The lowest BCUT2D eigenvalue weighted by Crippen LogP contribution is -2.34. The molecular formula is C21H19N7O2S. The summed E-state index contributed by atoms with van der Waals surface area (Å²) in [6.45, 7) is 2.36. The highest BCUT2D eigenvalue weighted by Gasteiger charge is 2.31. The standard InChI is InChI=1S/C21H19N7O2S/c22-8-14-2-1-5-23-19(14)27-7-4-17-16(10-27)20(25-12-24-17)30-15-3-6-28(9-15)21(29)18-11-31-13-26-18/h1-2,5,11-13,15H,3-4,6-7,9-10H2/t15-/m0/s1. The molecule has 9 nitrogen and oxygen atoms in total. The summed E-state index contributed by atoms with van der Waals surface area (Å²) in [5.41, 5.74) is 4.54. The fraction of sp³-hybridized carbons (Fsp3) is 0.333. The Hall–Kier alpha value is -3.58. The molecule has 0 aliphatic carbocycles. The molecule has 1 fully saturated rings. The van der Waals surface area contributed by atoms with E-state index in [0.29, 0.717) is 49.1 Å². The Morgan fingerprint density at radius 2 is 2.19 bits per heavy atom. The molecule has 0 N–H and O–H groups in total. The van der Waals surface area contributed by atoms with Crippen molar-refractivity contribution < 1.29 is 9.53 Å². The Kier molecular flexibility index (Phi) is 5.18. The first-order valence-corrected chi connectivity index (χ1v) is 10.9. The maximum absolute atomic E-state index is 12.5. The average Bonchev–Trinajstić information content (AvgIpc) is 3.51. The smallest absolute Gasteiger partial charge is 0.273 e. The molecule has 0 spiro atoms. The molecule has 0 unspecified atom stereocenters. The molecule has 0 aromatic carbocycles. The number of hydrogen-bond acceptors (Lipinski definition) is 9. The van der Waals surface area contributed by atoms with Crippen molar-refractivity contribution >= 4 is 23.1 Å². The second-order valence-corrected chi connectivity index (χ2v) is 8.13. The van der Waals surface area contributed by atoms with Gasteiger partial charge in [-0.25, -0.2) is 19.9 Å². The van der Waals surface area contributed by atoms with Crippen molar-refractivity contribution in [2.45, 2.75) is 25.5 Å². The van der Waals surface area contributed by atoms with Crippen molar-refractivity contribution in [3.05, 3.63) is 58.1 Å². The number of pyridine rings is 1. The van der Waals surface area contributed by atoms with Gasteiger partial charge in [0.25, 0.3) is 5.91 Å². The van der Waals surface area contributed by atoms with E-state index in [1.54, 1.807) is 34.1 Å². The minimum atomic E-state index is -0.138. The SMILES string of the molecule is N#Cc1cccnc1N1CCc2ncnc(O[C@H]3CCN(C(=O)c4cscn4)C3)c2C1. The van der Waals surface area contributed by atoms with Crippen molar-refractivity contribution in [1.29, 1.82) is 5.26 Å². The number of amides is 1. The highest BCUT2D eigenvalue weighted by atomic mass is 32.1. The van der Waals surface area contributed by atoms with Gasteiger partial charge in [-0.05, 0) is 12.1 Å². The lowest BCUT2D eigenvalue weighted by Gasteiger charge is -2.30. The number of likely N-dealkylation sites (tertiary alicyclic amines) is 1. The van der Waals surface area contributed by atoms with Crippen LogP contribution < -0.4 is 9.64 Å². The van der Waals surface area contributed by atoms with Gasteiger partial charge in [-0.15, -0.1) is 11.3 Å². The minimum absolute atomic E-state index is 0.0672. The van der Waals surface area contributed by atoms with Crippen LogP contribution in [0.2, 0.25) is 0 Å². The zero-order chi connectivity index (χ0) is 21.2. The topological polar surface area (TPSA) is 108 Å². The number of nitriles is 1. The van der Waals surface area contributed by atoms with E-state index >= 15 is 0 Å². The Morgan fingerprint density at radius 1 is 1.26 bits per heavy atom. The van der Waals surface area contributed by atoms with Crippen LogP contribution in [0.5, 0.6) is 5.88 Å². The van der Waals surface area contributed by atoms with Crippen LogP contribution in [0.4, 0.5) is 5.82 Å². The summed E-state index contributed by atoms with van der Waals surface area (Å²) in [4.78, 5) is 33.7. The molecule has 1 saturated heterocycles. The molecule has 31 heavy (non-hydrogen) atoms. The second kappa shape index (κ2) is 8.28. The van der Waals surface area contributed by atoms with Gasteiger partial charge in [0.2, 0.25) is 5.88 Å². The maximum Gasteiger partial charge on any atom is 0.273 e. The van der Waals surface area contributed by atoms with Crippen molar-refractivity contribution in [3.8, 4) is 11.9 Å². The van der Waals surface area contributed by atoms with E-state index in [-0.39, 0.29) is 12.0 Å². The Labute approximate surface area is 183 Å². The van der Waals surface area contributed by atoms with E-state index < -0.39 is 0 Å². The third-order valence-electron chi connectivity index (χ3n) is 5.53. The molecule has 0 saturated carbocycles. The highest BCUT2D eigenvalue weighted by Crippen LogP contribution is 2.30. The molecule has 0 radical (unpaired) electrons. The van der Waals surface area contributed by atoms with Gasteiger partial charge in [0.15, 0.2) is 0 Å². The monoisotopic (exact) mass is 433 g/mol. The van der Waals surface area contributed by atoms with Gasteiger partial charge in [0.1, 0.15) is 30.0 Å². The molecule has 3 aromatic rings. The van der Waals surface area contributed by atoms with Gasteiger partial charge in [-0.3, -0.25) is 4.79 Å². The van der Waals surface area contributed by atoms with E-state index in [1.807, 2.05) is 0 Å². The molecule has 10 heteroatoms. The fourth-order valence-corrected chi connectivity index (χ4v) is 4.51. The summed E-state index contributed by atoms with van der Waals surface area (Å²) in [5.74, 6) is 1.13. The van der Waals surface area contributed by atoms with Crippen LogP contribution in [0.3, 0.4) is 0 Å². The second-order valence-electron chi connectivity index (χ2n) is 7.42. The number of anilines is 1. The lowest BCUT2D eigenvalue weighted by atomic mass is 10.1. The van der Waals surface area contributed by atoms with Gasteiger partial charge in [-0.1, -0.05) is 0 Å². The van der Waals surface area contributed by atoms with Crippen LogP contribution in [0.15, 0.2) is 35.5 Å². The molecule has 3 aromatic heterocycles. The van der Waals surface area contributed by atoms with Gasteiger partial charge in [0.05, 0.1) is 35.4 Å². The van der Waals surface area contributed by atoms with Gasteiger partial charge in [-0.2, -0.15) is 5.26 Å². The van der Waals surface area contributed by atoms with E-state index in [2.05, 4.69) is 30.9 Å². The van der Waals surface area contributed by atoms with Crippen LogP contribution in [-0.4, -0.2) is 56.5 Å². The number of carbonyl (C=O) groups is 1. The van der Waals surface area contributed by atoms with Crippen molar-refractivity contribution in [1.82, 2.24) is 24.8 Å². The zero-order valence-electron chi connectivity index (χ0n) is 16.6. The maximum atomic E-state index is 12.5. The zero-order valence-corrected chi connectivity index (χ0v) is 17.5. The molecule has 5 rings (SSSR count). The number of ether oxygens (including phenoxy) is 1. The predicted molar refractivity (Wildman–Crippen MR) is 113 cm³/mol. The molecule has 1 atom stereocenters. The Morgan fingerprint density at radius 3 is 3.03 bits per heavy atom. The number of fused-ring (bicyclic) bond motifs is 1. The number of thiazole rings is 1. The summed E-state index contributed by atoms with van der Waals surface area (Å²) >= 11 is 1.41. The summed E-state index contributed by atoms with van der Waals surface area (Å²) in [7, 11) is 0. The predicted octanol–water partition coefficient (Wildman–Crippen LogP) is 2.06. The first kappa shape index (κ1) is 19.4. The lowest BCUT2D eigenvalue weighted by molar-refractivity contribution is 0.0766. The number of rotatable bonds is 4. The van der Waals surface area contributed by atoms with E-state index in [4.69, 9.17) is 4.74 Å². The third kappa shape index (κ3) is 3.80. The molecular weight excluding hydrogens is 414 g/mol. The molecule has 0 bridgehead atoms. The molecule has 1 amide bonds. The average molecular weight is 433 g/mol. The molecule has 156 valence electrons. The largest absolute Gasteiger partial charge is 0.472 e. The molecule has 5 heterocycles. The summed E-state index contributed by atoms with van der Waals surface area (Å²) in [6, 6.07) is 5.74. The summed E-state index contributed by atoms with van der Waals surface area (Å²) in [6.07, 6.45) is 4.53. The van der Waals surface area contributed by atoms with Crippen molar-refractivity contribution in [2.75, 3.05) is 24.5 Å². The van der Waals surface area contributed by atoms with E-state index in [0.717, 1.165) is 24.1 Å². The van der Waals surface area contributed by atoms with Gasteiger partial charge >= 0.3 is 0 Å². The third-order valence-corrected chi connectivity index (χ3v) is 6.12. The van der Waals surface area contributed by atoms with Gasteiger partial charge < -0.3 is 14.5 Å². The molecule has 2 aliphatic rings. The van der Waals surface area contributed by atoms with Crippen LogP contribution in [0.1, 0.15) is 33.7 Å².